The predicted molar refractivity (Wildman–Crippen MR) is 149 cm³/mol. The molecule has 0 N–H and O–H groups in total. The Bertz CT molecular complexity index is 1410. The zero-order chi connectivity index (χ0) is 29.5. The summed E-state index contributed by atoms with van der Waals surface area (Å²) in [5.74, 6) is -4.42. The Morgan fingerprint density at radius 2 is 1.32 bits per heavy atom. The molecule has 0 aromatic heterocycles. The van der Waals surface area contributed by atoms with Crippen molar-refractivity contribution < 1.29 is 31.9 Å². The van der Waals surface area contributed by atoms with Crippen molar-refractivity contribution >= 4 is 23.8 Å². The quantitative estimate of drug-likeness (QED) is 0.230. The Balaban J connectivity index is 1.59. The molecule has 1 aliphatic rings. The van der Waals surface area contributed by atoms with Gasteiger partial charge in [0.1, 0.15) is 12.4 Å². The van der Waals surface area contributed by atoms with E-state index < -0.39 is 29.1 Å². The first-order chi connectivity index (χ1) is 19.7. The van der Waals surface area contributed by atoms with E-state index in [1.807, 2.05) is 0 Å². The Kier molecular flexibility index (Phi) is 9.73. The molecular formula is C32H30F4N2O3. The third-order valence-corrected chi connectivity index (χ3v) is 6.83. The maximum Gasteiger partial charge on any atom is 0.254 e. The number of halogens is 4. The molecule has 1 aliphatic heterocycles. The van der Waals surface area contributed by atoms with Crippen LogP contribution in [0.1, 0.15) is 35.3 Å². The molecule has 0 radical (unpaired) electrons. The number of carbonyl (C=O) groups is 2. The molecule has 1 amide bonds. The fourth-order valence-electron chi connectivity index (χ4n) is 4.50. The van der Waals surface area contributed by atoms with E-state index in [-0.39, 0.29) is 41.3 Å². The van der Waals surface area contributed by atoms with Crippen LogP contribution in [0.5, 0.6) is 5.75 Å². The average Bonchev–Trinajstić information content (AvgIpc) is 2.97. The molecule has 3 aromatic rings. The van der Waals surface area contributed by atoms with Gasteiger partial charge in [0.25, 0.3) is 5.91 Å². The minimum Gasteiger partial charge on any atom is -0.492 e. The van der Waals surface area contributed by atoms with E-state index in [1.165, 1.54) is 29.2 Å². The normalized spacial score (nSPS) is 15.7. The van der Waals surface area contributed by atoms with E-state index in [0.717, 1.165) is 43.9 Å². The molecule has 0 saturated carbocycles. The summed E-state index contributed by atoms with van der Waals surface area (Å²) in [6.45, 7) is 7.09. The van der Waals surface area contributed by atoms with Crippen molar-refractivity contribution in [3.8, 4) is 5.75 Å². The van der Waals surface area contributed by atoms with Crippen LogP contribution in [0.3, 0.4) is 0 Å². The Hall–Kier alpha value is -4.24. The Morgan fingerprint density at radius 3 is 1.78 bits per heavy atom. The highest BCUT2D eigenvalue weighted by Gasteiger charge is 2.30. The van der Waals surface area contributed by atoms with Crippen LogP contribution in [-0.2, 0) is 4.79 Å². The number of amides is 1. The number of piperidine rings is 1. The van der Waals surface area contributed by atoms with Gasteiger partial charge in [0.2, 0.25) is 0 Å². The summed E-state index contributed by atoms with van der Waals surface area (Å²) in [4.78, 5) is 30.5. The number of ether oxygens (including phenoxy) is 1. The van der Waals surface area contributed by atoms with Crippen LogP contribution in [0.15, 0.2) is 71.8 Å². The lowest BCUT2D eigenvalue weighted by molar-refractivity contribution is -0.113. The second-order valence-corrected chi connectivity index (χ2v) is 9.58. The second kappa shape index (κ2) is 13.4. The summed E-state index contributed by atoms with van der Waals surface area (Å²) in [5, 5.41) is 0. The summed E-state index contributed by atoms with van der Waals surface area (Å²) in [6, 6.07) is 13.1. The van der Waals surface area contributed by atoms with Crippen molar-refractivity contribution in [3.05, 3.63) is 112 Å². The van der Waals surface area contributed by atoms with Crippen molar-refractivity contribution in [2.75, 3.05) is 39.3 Å². The van der Waals surface area contributed by atoms with Crippen LogP contribution in [0.4, 0.5) is 17.6 Å². The van der Waals surface area contributed by atoms with Gasteiger partial charge in [-0.3, -0.25) is 9.59 Å². The highest BCUT2D eigenvalue weighted by Crippen LogP contribution is 2.25. The lowest BCUT2D eigenvalue weighted by Crippen LogP contribution is -2.41. The fourth-order valence-corrected chi connectivity index (χ4v) is 4.50. The first-order valence-electron chi connectivity index (χ1n) is 13.3. The monoisotopic (exact) mass is 566 g/mol. The van der Waals surface area contributed by atoms with Gasteiger partial charge in [-0.1, -0.05) is 26.0 Å². The molecule has 1 fully saturated rings. The zero-order valence-corrected chi connectivity index (χ0v) is 22.8. The number of nitrogens with zero attached hydrogens (tertiary/aromatic N) is 2. The van der Waals surface area contributed by atoms with Gasteiger partial charge in [0.05, 0.1) is 13.1 Å². The predicted octanol–water partition coefficient (Wildman–Crippen LogP) is 6.16. The largest absolute Gasteiger partial charge is 0.492 e. The lowest BCUT2D eigenvalue weighted by Gasteiger charge is -2.30. The molecule has 214 valence electrons. The van der Waals surface area contributed by atoms with Crippen LogP contribution < -0.4 is 4.74 Å². The maximum absolute atomic E-state index is 13.8. The number of hydrogen-bond donors (Lipinski definition) is 0. The summed E-state index contributed by atoms with van der Waals surface area (Å²) in [7, 11) is 0. The summed E-state index contributed by atoms with van der Waals surface area (Å²) in [6.07, 6.45) is 2.77. The third kappa shape index (κ3) is 7.49. The van der Waals surface area contributed by atoms with Gasteiger partial charge >= 0.3 is 0 Å². The van der Waals surface area contributed by atoms with Gasteiger partial charge in [0.15, 0.2) is 29.1 Å². The summed E-state index contributed by atoms with van der Waals surface area (Å²) < 4.78 is 60.4. The van der Waals surface area contributed by atoms with Gasteiger partial charge in [-0.25, -0.2) is 17.6 Å². The van der Waals surface area contributed by atoms with Crippen LogP contribution in [-0.4, -0.2) is 60.8 Å². The number of rotatable bonds is 9. The van der Waals surface area contributed by atoms with Crippen molar-refractivity contribution in [2.24, 2.45) is 0 Å². The second-order valence-electron chi connectivity index (χ2n) is 9.58. The van der Waals surface area contributed by atoms with Gasteiger partial charge in [-0.2, -0.15) is 0 Å². The first-order valence-corrected chi connectivity index (χ1v) is 13.3. The summed E-state index contributed by atoms with van der Waals surface area (Å²) in [5.41, 5.74) is 1.14. The van der Waals surface area contributed by atoms with Crippen LogP contribution >= 0.6 is 0 Å². The third-order valence-electron chi connectivity index (χ3n) is 6.83. The minimum atomic E-state index is -1.08. The number of hydrogen-bond acceptors (Lipinski definition) is 4. The number of carbonyl (C=O) groups excluding carboxylic acids is 2. The van der Waals surface area contributed by atoms with E-state index in [2.05, 4.69) is 18.7 Å². The molecule has 3 aromatic carbocycles. The summed E-state index contributed by atoms with van der Waals surface area (Å²) >= 11 is 0. The van der Waals surface area contributed by atoms with Gasteiger partial charge in [-0.15, -0.1) is 0 Å². The van der Waals surface area contributed by atoms with Gasteiger partial charge < -0.3 is 14.5 Å². The molecule has 5 nitrogen and oxygen atoms in total. The molecule has 0 bridgehead atoms. The molecule has 0 aliphatic carbocycles. The van der Waals surface area contributed by atoms with Crippen molar-refractivity contribution in [1.82, 2.24) is 9.80 Å². The van der Waals surface area contributed by atoms with Crippen molar-refractivity contribution in [3.63, 3.8) is 0 Å². The Labute approximate surface area is 236 Å². The first kappa shape index (κ1) is 29.7. The molecule has 1 heterocycles. The van der Waals surface area contributed by atoms with E-state index >= 15 is 0 Å². The van der Waals surface area contributed by atoms with Gasteiger partial charge in [-0.05, 0) is 84.9 Å². The molecule has 41 heavy (non-hydrogen) atoms. The van der Waals surface area contributed by atoms with Gasteiger partial charge in [0, 0.05) is 23.3 Å². The van der Waals surface area contributed by atoms with Crippen molar-refractivity contribution in [1.29, 1.82) is 0 Å². The molecule has 0 unspecified atom stereocenters. The van der Waals surface area contributed by atoms with Crippen LogP contribution in [0.2, 0.25) is 0 Å². The van der Waals surface area contributed by atoms with Crippen molar-refractivity contribution in [2.45, 2.75) is 13.8 Å². The number of benzene rings is 3. The number of Topliss-reactive ketones (excluding diaryl/α,β-unsaturated/α-hetero) is 1. The van der Waals surface area contributed by atoms with E-state index in [0.29, 0.717) is 17.9 Å². The molecule has 0 spiro atoms. The fraction of sp³-hybridized carbons (Fsp3) is 0.250. The maximum atomic E-state index is 13.8. The SMILES string of the molecule is CCN(CC)CCOc1ccc(C(=O)N2C/C(=C\c3ccc(F)c(F)c3)C(=O)/C(=C/c3ccc(F)c(F)c3)C2)cc1. The number of likely N-dealkylation sites (tertiary alicyclic amines) is 1. The van der Waals surface area contributed by atoms with E-state index in [4.69, 9.17) is 4.74 Å². The zero-order valence-electron chi connectivity index (χ0n) is 22.8. The highest BCUT2D eigenvalue weighted by atomic mass is 19.2. The van der Waals surface area contributed by atoms with E-state index in [1.54, 1.807) is 24.3 Å². The topological polar surface area (TPSA) is 49.9 Å². The number of likely N-dealkylation sites (N-methyl/N-ethyl adjacent to an activating group) is 1. The lowest BCUT2D eigenvalue weighted by atomic mass is 9.93. The molecule has 9 heteroatoms. The molecular weight excluding hydrogens is 536 g/mol. The van der Waals surface area contributed by atoms with E-state index in [9.17, 15) is 27.2 Å². The minimum absolute atomic E-state index is 0.0894. The highest BCUT2D eigenvalue weighted by molar-refractivity contribution is 6.15. The van der Waals surface area contributed by atoms with Crippen LogP contribution in [0, 0.1) is 23.3 Å². The van der Waals surface area contributed by atoms with Crippen LogP contribution in [0.25, 0.3) is 12.2 Å². The average molecular weight is 567 g/mol. The Morgan fingerprint density at radius 1 is 0.805 bits per heavy atom. The number of ketones is 1. The standard InChI is InChI=1S/C32H30F4N2O3/c1-3-37(4-2)13-14-41-26-9-7-23(8-10-26)32(40)38-19-24(15-21-5-11-27(33)29(35)17-21)31(39)25(20-38)16-22-6-12-28(34)30(36)18-22/h5-12,15-18H,3-4,13-14,19-20H2,1-2H3/b24-15+,25-16+. The smallest absolute Gasteiger partial charge is 0.254 e. The molecule has 4 rings (SSSR count). The molecule has 0 atom stereocenters. The molecule has 1 saturated heterocycles.